The summed E-state index contributed by atoms with van der Waals surface area (Å²) >= 11 is 0. The summed E-state index contributed by atoms with van der Waals surface area (Å²) in [6, 6.07) is 0. The zero-order valence-corrected chi connectivity index (χ0v) is 25.9. The van der Waals surface area contributed by atoms with Crippen molar-refractivity contribution in [3.05, 3.63) is 0 Å². The minimum Gasteiger partial charge on any atom is -0.458 e. The van der Waals surface area contributed by atoms with Crippen molar-refractivity contribution in [1.29, 1.82) is 0 Å². The molecule has 0 aliphatic carbocycles. The Kier molecular flexibility index (Phi) is 32.1. The number of alkyl halides is 1. The lowest BCUT2D eigenvalue weighted by Crippen LogP contribution is -2.27. The Bertz CT molecular complexity index is 552. The SMILES string of the molecule is CC(C)(C)OC(=O)COCCOCCOCCOCCOCCOCCOCCOCCOCCOCCOCCF. The van der Waals surface area contributed by atoms with Gasteiger partial charge in [0.15, 0.2) is 0 Å². The summed E-state index contributed by atoms with van der Waals surface area (Å²) in [6.07, 6.45) is 0. The molecule has 0 aromatic carbocycles. The van der Waals surface area contributed by atoms with Crippen LogP contribution in [-0.2, 0) is 61.6 Å². The van der Waals surface area contributed by atoms with E-state index in [0.29, 0.717) is 132 Å². The summed E-state index contributed by atoms with van der Waals surface area (Å²) in [6.45, 7) is 14.1. The van der Waals surface area contributed by atoms with E-state index in [4.69, 9.17) is 56.8 Å². The summed E-state index contributed by atoms with van der Waals surface area (Å²) in [5, 5.41) is 0. The first kappa shape index (κ1) is 41.0. The van der Waals surface area contributed by atoms with Gasteiger partial charge in [0.25, 0.3) is 0 Å². The van der Waals surface area contributed by atoms with Crippen LogP contribution < -0.4 is 0 Å². The van der Waals surface area contributed by atoms with Gasteiger partial charge in [-0.05, 0) is 20.8 Å². The average molecular weight is 619 g/mol. The fraction of sp³-hybridized carbons (Fsp3) is 0.964. The Balaban J connectivity index is 3.09. The number of ether oxygens (including phenoxy) is 12. The van der Waals surface area contributed by atoms with Gasteiger partial charge in [0, 0.05) is 0 Å². The van der Waals surface area contributed by atoms with Crippen molar-refractivity contribution in [2.24, 2.45) is 0 Å². The highest BCUT2D eigenvalue weighted by Gasteiger charge is 2.15. The van der Waals surface area contributed by atoms with Crippen molar-refractivity contribution < 1.29 is 66.0 Å². The lowest BCUT2D eigenvalue weighted by molar-refractivity contribution is -0.160. The quantitative estimate of drug-likeness (QED) is 0.0764. The predicted molar refractivity (Wildman–Crippen MR) is 151 cm³/mol. The van der Waals surface area contributed by atoms with Crippen molar-refractivity contribution in [2.45, 2.75) is 26.4 Å². The molecule has 0 aliphatic heterocycles. The number of rotatable bonds is 34. The second-order valence-electron chi connectivity index (χ2n) is 9.45. The number of esters is 1. The largest absolute Gasteiger partial charge is 0.458 e. The van der Waals surface area contributed by atoms with E-state index in [1.165, 1.54) is 0 Å². The molecule has 0 bridgehead atoms. The highest BCUT2D eigenvalue weighted by Crippen LogP contribution is 2.06. The summed E-state index contributed by atoms with van der Waals surface area (Å²) in [5.74, 6) is -0.390. The maximum Gasteiger partial charge on any atom is 0.332 e. The Hall–Kier alpha value is -1.04. The normalized spacial score (nSPS) is 11.8. The lowest BCUT2D eigenvalue weighted by atomic mass is 10.2. The van der Waals surface area contributed by atoms with E-state index in [2.05, 4.69) is 0 Å². The Labute approximate surface area is 250 Å². The minimum absolute atomic E-state index is 0.0857. The topological polar surface area (TPSA) is 128 Å². The molecule has 0 saturated carbocycles. The summed E-state index contributed by atoms with van der Waals surface area (Å²) in [7, 11) is 0. The maximum absolute atomic E-state index is 11.8. The molecule has 13 nitrogen and oxygen atoms in total. The Morgan fingerprint density at radius 3 is 0.833 bits per heavy atom. The second-order valence-corrected chi connectivity index (χ2v) is 9.45. The van der Waals surface area contributed by atoms with Crippen LogP contribution in [0.2, 0.25) is 0 Å². The number of carbonyl (C=O) groups excluding carboxylic acids is 1. The van der Waals surface area contributed by atoms with E-state index >= 15 is 0 Å². The number of carbonyl (C=O) groups is 1. The summed E-state index contributed by atoms with van der Waals surface area (Å²) in [5.41, 5.74) is -0.512. The number of hydrogen-bond acceptors (Lipinski definition) is 13. The molecular formula is C28H55FO13. The van der Waals surface area contributed by atoms with Gasteiger partial charge in [0.05, 0.1) is 139 Å². The zero-order valence-electron chi connectivity index (χ0n) is 25.9. The third-order valence-electron chi connectivity index (χ3n) is 4.58. The first-order chi connectivity index (χ1) is 20.5. The average Bonchev–Trinajstić information content (AvgIpc) is 2.94. The van der Waals surface area contributed by atoms with E-state index in [1.54, 1.807) is 0 Å². The molecule has 0 amide bonds. The molecule has 0 aliphatic rings. The third-order valence-corrected chi connectivity index (χ3v) is 4.58. The summed E-state index contributed by atoms with van der Waals surface area (Å²) in [4.78, 5) is 11.5. The van der Waals surface area contributed by atoms with E-state index < -0.39 is 12.3 Å². The molecule has 0 aromatic rings. The van der Waals surface area contributed by atoms with Gasteiger partial charge in [-0.15, -0.1) is 0 Å². The predicted octanol–water partition coefficient (Wildman–Crippen LogP) is 1.48. The van der Waals surface area contributed by atoms with E-state index in [9.17, 15) is 9.18 Å². The van der Waals surface area contributed by atoms with E-state index in [1.807, 2.05) is 20.8 Å². The Morgan fingerprint density at radius 2 is 0.619 bits per heavy atom. The third kappa shape index (κ3) is 37.0. The molecule has 0 heterocycles. The van der Waals surface area contributed by atoms with Gasteiger partial charge in [-0.3, -0.25) is 0 Å². The van der Waals surface area contributed by atoms with Crippen LogP contribution in [0, 0.1) is 0 Å². The van der Waals surface area contributed by atoms with Gasteiger partial charge < -0.3 is 56.8 Å². The molecule has 0 saturated heterocycles. The highest BCUT2D eigenvalue weighted by molar-refractivity contribution is 5.71. The number of halogens is 1. The molecule has 14 heteroatoms. The van der Waals surface area contributed by atoms with Gasteiger partial charge in [0.2, 0.25) is 0 Å². The van der Waals surface area contributed by atoms with Gasteiger partial charge in [0.1, 0.15) is 18.9 Å². The first-order valence-corrected chi connectivity index (χ1v) is 14.6. The fourth-order valence-electron chi connectivity index (χ4n) is 2.78. The van der Waals surface area contributed by atoms with Crippen LogP contribution in [0.5, 0.6) is 0 Å². The smallest absolute Gasteiger partial charge is 0.332 e. The highest BCUT2D eigenvalue weighted by atomic mass is 19.1. The monoisotopic (exact) mass is 618 g/mol. The van der Waals surface area contributed by atoms with Crippen molar-refractivity contribution in [3.8, 4) is 0 Å². The zero-order chi connectivity index (χ0) is 30.8. The fourth-order valence-corrected chi connectivity index (χ4v) is 2.78. The van der Waals surface area contributed by atoms with Crippen LogP contribution in [0.25, 0.3) is 0 Å². The van der Waals surface area contributed by atoms with E-state index in [0.717, 1.165) is 0 Å². The molecule has 0 aromatic heterocycles. The van der Waals surface area contributed by atoms with Crippen molar-refractivity contribution >= 4 is 5.97 Å². The molecular weight excluding hydrogens is 563 g/mol. The molecule has 0 fully saturated rings. The van der Waals surface area contributed by atoms with Gasteiger partial charge >= 0.3 is 5.97 Å². The molecule has 42 heavy (non-hydrogen) atoms. The first-order valence-electron chi connectivity index (χ1n) is 14.6. The molecule has 0 radical (unpaired) electrons. The minimum atomic E-state index is -0.512. The maximum atomic E-state index is 11.8. The van der Waals surface area contributed by atoms with Crippen LogP contribution in [0.3, 0.4) is 0 Å². The summed E-state index contributed by atoms with van der Waals surface area (Å²) < 4.78 is 75.7. The molecule has 0 N–H and O–H groups in total. The van der Waals surface area contributed by atoms with E-state index in [-0.39, 0.29) is 19.2 Å². The van der Waals surface area contributed by atoms with Crippen molar-refractivity contribution in [2.75, 3.05) is 152 Å². The van der Waals surface area contributed by atoms with Gasteiger partial charge in [-0.2, -0.15) is 0 Å². The van der Waals surface area contributed by atoms with Crippen LogP contribution in [0.4, 0.5) is 4.39 Å². The molecule has 0 spiro atoms. The van der Waals surface area contributed by atoms with Crippen LogP contribution in [0.1, 0.15) is 20.8 Å². The second kappa shape index (κ2) is 32.9. The van der Waals surface area contributed by atoms with Gasteiger partial charge in [-0.1, -0.05) is 0 Å². The van der Waals surface area contributed by atoms with Crippen molar-refractivity contribution in [1.82, 2.24) is 0 Å². The molecule has 252 valence electrons. The number of hydrogen-bond donors (Lipinski definition) is 0. The van der Waals surface area contributed by atoms with Gasteiger partial charge in [-0.25, -0.2) is 9.18 Å². The molecule has 0 unspecified atom stereocenters. The van der Waals surface area contributed by atoms with Crippen LogP contribution in [-0.4, -0.2) is 164 Å². The Morgan fingerprint density at radius 1 is 0.405 bits per heavy atom. The lowest BCUT2D eigenvalue weighted by Gasteiger charge is -2.19. The molecule has 0 atom stereocenters. The molecule has 0 rings (SSSR count). The van der Waals surface area contributed by atoms with Crippen LogP contribution in [0.15, 0.2) is 0 Å². The van der Waals surface area contributed by atoms with Crippen LogP contribution >= 0.6 is 0 Å². The van der Waals surface area contributed by atoms with Crippen molar-refractivity contribution in [3.63, 3.8) is 0 Å². The standard InChI is InChI=1S/C28H55FO13/c1-28(2,3)42-27(30)26-41-25-24-40-23-22-39-21-20-38-19-18-37-17-16-36-15-14-35-13-12-34-11-10-33-9-8-32-7-6-31-5-4-29/h4-26H2,1-3H3.